The van der Waals surface area contributed by atoms with Crippen LogP contribution in [-0.4, -0.2) is 24.1 Å². The van der Waals surface area contributed by atoms with E-state index in [1.165, 1.54) is 0 Å². The van der Waals surface area contributed by atoms with Crippen LogP contribution in [0.4, 0.5) is 5.82 Å². The Hall–Kier alpha value is -3.46. The van der Waals surface area contributed by atoms with Gasteiger partial charge in [-0.2, -0.15) is 5.10 Å². The summed E-state index contributed by atoms with van der Waals surface area (Å²) in [5.41, 5.74) is 5.76. The van der Waals surface area contributed by atoms with Gasteiger partial charge in [-0.05, 0) is 38.0 Å². The van der Waals surface area contributed by atoms with Gasteiger partial charge in [-0.3, -0.25) is 9.67 Å². The third kappa shape index (κ3) is 2.29. The number of fused-ring (bicyclic) bond motifs is 1. The fourth-order valence-corrected chi connectivity index (χ4v) is 3.31. The Bertz CT molecular complexity index is 1170. The van der Waals surface area contributed by atoms with Crippen molar-refractivity contribution in [1.29, 1.82) is 0 Å². The van der Waals surface area contributed by atoms with Crippen molar-refractivity contribution in [2.75, 3.05) is 0 Å². The van der Waals surface area contributed by atoms with E-state index in [1.54, 1.807) is 6.20 Å². The third-order valence-electron chi connectivity index (χ3n) is 4.73. The molecule has 26 heavy (non-hydrogen) atoms. The van der Waals surface area contributed by atoms with Crippen molar-refractivity contribution in [2.45, 2.75) is 25.8 Å². The molecule has 0 radical (unpaired) electrons. The van der Waals surface area contributed by atoms with Gasteiger partial charge < -0.3 is 4.85 Å². The number of imidazole rings is 1. The van der Waals surface area contributed by atoms with Crippen LogP contribution in [0.3, 0.4) is 0 Å². The molecule has 0 aromatic carbocycles. The Morgan fingerprint density at radius 3 is 2.81 bits per heavy atom. The maximum absolute atomic E-state index is 7.32. The lowest BCUT2D eigenvalue weighted by Gasteiger charge is -2.09. The number of rotatable bonds is 3. The monoisotopic (exact) mass is 340 g/mol. The van der Waals surface area contributed by atoms with E-state index >= 15 is 0 Å². The van der Waals surface area contributed by atoms with Crippen LogP contribution in [0.15, 0.2) is 48.9 Å². The van der Waals surface area contributed by atoms with Gasteiger partial charge in [-0.25, -0.2) is 9.38 Å². The number of pyridine rings is 2. The number of hydrogen-bond donors (Lipinski definition) is 0. The lowest BCUT2D eigenvalue weighted by Crippen LogP contribution is -2.01. The first-order valence-corrected chi connectivity index (χ1v) is 8.61. The Kier molecular flexibility index (Phi) is 3.16. The highest BCUT2D eigenvalue weighted by Crippen LogP contribution is 2.41. The zero-order valence-corrected chi connectivity index (χ0v) is 14.3. The van der Waals surface area contributed by atoms with Crippen molar-refractivity contribution in [2.24, 2.45) is 0 Å². The largest absolute Gasteiger partial charge is 0.362 e. The molecule has 5 rings (SSSR count). The summed E-state index contributed by atoms with van der Waals surface area (Å²) in [5, 5.41) is 4.66. The fraction of sp³-hybridized carbons (Fsp3) is 0.200. The first kappa shape index (κ1) is 14.8. The zero-order chi connectivity index (χ0) is 17.7. The molecule has 0 spiro atoms. The van der Waals surface area contributed by atoms with Crippen LogP contribution in [0, 0.1) is 13.5 Å². The van der Waals surface area contributed by atoms with Gasteiger partial charge in [-0.15, -0.1) is 0 Å². The molecule has 0 N–H and O–H groups in total. The second-order valence-electron chi connectivity index (χ2n) is 6.62. The maximum atomic E-state index is 7.32. The van der Waals surface area contributed by atoms with Gasteiger partial charge in [-0.1, -0.05) is 12.6 Å². The molecule has 4 heterocycles. The predicted molar refractivity (Wildman–Crippen MR) is 98.9 cm³/mol. The summed E-state index contributed by atoms with van der Waals surface area (Å²) in [6.45, 7) is 9.32. The van der Waals surface area contributed by atoms with Crippen LogP contribution in [-0.2, 0) is 0 Å². The molecular formula is C20H16N6. The minimum absolute atomic E-state index is 0.455. The highest BCUT2D eigenvalue weighted by Gasteiger charge is 2.29. The van der Waals surface area contributed by atoms with E-state index in [4.69, 9.17) is 11.6 Å². The van der Waals surface area contributed by atoms with Crippen LogP contribution < -0.4 is 0 Å². The van der Waals surface area contributed by atoms with Crippen molar-refractivity contribution >= 4 is 11.5 Å². The number of aromatic nitrogens is 5. The number of hydrogen-bond acceptors (Lipinski definition) is 3. The summed E-state index contributed by atoms with van der Waals surface area (Å²) >= 11 is 0. The smallest absolute Gasteiger partial charge is 0.254 e. The predicted octanol–water partition coefficient (Wildman–Crippen LogP) is 4.45. The lowest BCUT2D eigenvalue weighted by atomic mass is 10.1. The van der Waals surface area contributed by atoms with Gasteiger partial charge in [0, 0.05) is 22.9 Å². The van der Waals surface area contributed by atoms with Gasteiger partial charge >= 0.3 is 0 Å². The molecule has 0 bridgehead atoms. The van der Waals surface area contributed by atoms with Crippen LogP contribution in [0.5, 0.6) is 0 Å². The van der Waals surface area contributed by atoms with E-state index in [0.717, 1.165) is 46.7 Å². The normalized spacial score (nSPS) is 13.8. The van der Waals surface area contributed by atoms with Crippen molar-refractivity contribution in [3.8, 4) is 22.5 Å². The topological polar surface area (TPSA) is 52.4 Å². The van der Waals surface area contributed by atoms with Crippen LogP contribution in [0.1, 0.15) is 24.6 Å². The van der Waals surface area contributed by atoms with E-state index in [-0.39, 0.29) is 0 Å². The van der Waals surface area contributed by atoms with E-state index in [9.17, 15) is 0 Å². The molecule has 6 nitrogen and oxygen atoms in total. The molecule has 4 aromatic rings. The Labute approximate surface area is 150 Å². The van der Waals surface area contributed by atoms with E-state index in [2.05, 4.69) is 19.6 Å². The Balaban J connectivity index is 1.74. The van der Waals surface area contributed by atoms with E-state index < -0.39 is 0 Å². The minimum atomic E-state index is 0.455. The average Bonchev–Trinajstić information content (AvgIpc) is 3.27. The summed E-state index contributed by atoms with van der Waals surface area (Å²) in [6.07, 6.45) is 7.78. The van der Waals surface area contributed by atoms with Crippen LogP contribution >= 0.6 is 0 Å². The van der Waals surface area contributed by atoms with Gasteiger partial charge in [0.1, 0.15) is 0 Å². The Morgan fingerprint density at radius 2 is 2.04 bits per heavy atom. The second kappa shape index (κ2) is 5.53. The van der Waals surface area contributed by atoms with Crippen molar-refractivity contribution in [1.82, 2.24) is 24.1 Å². The first-order valence-electron chi connectivity index (χ1n) is 8.61. The van der Waals surface area contributed by atoms with Gasteiger partial charge in [0.25, 0.3) is 5.82 Å². The molecule has 1 aliphatic rings. The molecule has 0 aliphatic heterocycles. The zero-order valence-electron chi connectivity index (χ0n) is 14.3. The highest BCUT2D eigenvalue weighted by molar-refractivity contribution is 5.80. The Morgan fingerprint density at radius 1 is 1.15 bits per heavy atom. The second-order valence-corrected chi connectivity index (χ2v) is 6.62. The molecule has 1 aliphatic carbocycles. The molecule has 1 fully saturated rings. The first-order chi connectivity index (χ1) is 12.7. The molecule has 0 unspecified atom stereocenters. The lowest BCUT2D eigenvalue weighted by molar-refractivity contribution is 0.647. The third-order valence-corrected chi connectivity index (χ3v) is 4.73. The molecule has 6 heteroatoms. The molecule has 0 saturated heterocycles. The van der Waals surface area contributed by atoms with Crippen LogP contribution in [0.2, 0.25) is 0 Å². The molecule has 126 valence electrons. The van der Waals surface area contributed by atoms with E-state index in [1.807, 2.05) is 54.0 Å². The highest BCUT2D eigenvalue weighted by atomic mass is 15.3. The van der Waals surface area contributed by atoms with E-state index in [0.29, 0.717) is 11.9 Å². The van der Waals surface area contributed by atoms with Crippen molar-refractivity contribution in [3.63, 3.8) is 0 Å². The quantitative estimate of drug-likeness (QED) is 0.518. The number of nitrogens with zero attached hydrogens (tertiary/aromatic N) is 6. The SMILES string of the molecule is [C-]#[N+]c1cnc2ccc(-c3cnn(C4CC4)c3-c3cccc(C)n3)cn12. The summed E-state index contributed by atoms with van der Waals surface area (Å²) in [6, 6.07) is 10.5. The molecule has 0 amide bonds. The molecule has 1 saturated carbocycles. The molecule has 0 atom stereocenters. The summed E-state index contributed by atoms with van der Waals surface area (Å²) < 4.78 is 3.93. The van der Waals surface area contributed by atoms with Crippen molar-refractivity contribution in [3.05, 3.63) is 66.0 Å². The van der Waals surface area contributed by atoms with Gasteiger partial charge in [0.2, 0.25) is 5.65 Å². The minimum Gasteiger partial charge on any atom is -0.362 e. The van der Waals surface area contributed by atoms with Crippen LogP contribution in [0.25, 0.3) is 33.0 Å². The number of aryl methyl sites for hydroxylation is 1. The summed E-state index contributed by atoms with van der Waals surface area (Å²) in [4.78, 5) is 12.6. The van der Waals surface area contributed by atoms with Gasteiger partial charge in [0.05, 0.1) is 36.0 Å². The van der Waals surface area contributed by atoms with Crippen molar-refractivity contribution < 1.29 is 0 Å². The summed E-state index contributed by atoms with van der Waals surface area (Å²) in [5.74, 6) is 0.506. The molecule has 4 aromatic heterocycles. The fourth-order valence-electron chi connectivity index (χ4n) is 3.31. The summed E-state index contributed by atoms with van der Waals surface area (Å²) in [7, 11) is 0. The molecular weight excluding hydrogens is 324 g/mol. The average molecular weight is 340 g/mol. The standard InChI is InChI=1S/C20H16N6/c1-13-4-3-5-17(24-13)20-16(10-23-26(20)15-7-8-15)14-6-9-18-22-11-19(21-2)25(18)12-14/h3-6,9-12,15H,7-8H2,1H3. The van der Waals surface area contributed by atoms with Gasteiger partial charge in [0.15, 0.2) is 0 Å². The maximum Gasteiger partial charge on any atom is 0.254 e.